The summed E-state index contributed by atoms with van der Waals surface area (Å²) in [7, 11) is -1.87. The minimum Gasteiger partial charge on any atom is -0.497 e. The summed E-state index contributed by atoms with van der Waals surface area (Å²) in [4.78, 5) is 101. The highest BCUT2D eigenvalue weighted by atomic mass is 31.2. The molecular formula is C76H98N5O18P. The van der Waals surface area contributed by atoms with E-state index in [1.165, 1.54) is 121 Å². The number of esters is 1. The zero-order valence-electron chi connectivity index (χ0n) is 59.0. The van der Waals surface area contributed by atoms with Crippen molar-refractivity contribution < 1.29 is 65.7 Å². The maximum absolute atomic E-state index is 15.5. The number of nitrogens with zero attached hydrogens (tertiary/aromatic N) is 4. The Hall–Kier alpha value is -8.07. The first kappa shape index (κ1) is 77.7. The predicted molar refractivity (Wildman–Crippen MR) is 377 cm³/mol. The quantitative estimate of drug-likeness (QED) is 0.0123. The number of H-pyrrole nitrogens is 1. The van der Waals surface area contributed by atoms with Gasteiger partial charge in [0.05, 0.1) is 40.5 Å². The molecule has 4 heterocycles. The van der Waals surface area contributed by atoms with Crippen molar-refractivity contribution in [1.29, 1.82) is 0 Å². The third kappa shape index (κ3) is 20.8. The number of benzene rings is 4. The molecule has 2 aromatic heterocycles. The smallest absolute Gasteiger partial charge is 0.475 e. The number of aryl methyl sites for hydroxylation is 3. The Kier molecular flexibility index (Phi) is 29.6. The summed E-state index contributed by atoms with van der Waals surface area (Å²) in [6.07, 6.45) is 13.7. The van der Waals surface area contributed by atoms with E-state index in [-0.39, 0.29) is 61.3 Å². The van der Waals surface area contributed by atoms with Crippen LogP contribution >= 0.6 is 7.82 Å². The van der Waals surface area contributed by atoms with Gasteiger partial charge in [-0.2, -0.15) is 4.57 Å². The molecule has 23 nitrogen and oxygen atoms in total. The van der Waals surface area contributed by atoms with E-state index in [1.807, 2.05) is 68.4 Å². The summed E-state index contributed by atoms with van der Waals surface area (Å²) in [6, 6.07) is 27.1. The van der Waals surface area contributed by atoms with Gasteiger partial charge < -0.3 is 42.8 Å². The Bertz CT molecular complexity index is 3960. The van der Waals surface area contributed by atoms with Crippen molar-refractivity contribution in [3.63, 3.8) is 0 Å². The summed E-state index contributed by atoms with van der Waals surface area (Å²) in [5, 5.41) is 0. The van der Waals surface area contributed by atoms with Crippen LogP contribution in [-0.4, -0.2) is 108 Å². The largest absolute Gasteiger partial charge is 0.497 e. The average molecular weight is 1400 g/mol. The van der Waals surface area contributed by atoms with E-state index in [0.717, 1.165) is 35.8 Å². The van der Waals surface area contributed by atoms with E-state index in [1.54, 1.807) is 44.6 Å². The van der Waals surface area contributed by atoms with E-state index < -0.39 is 97.9 Å². The van der Waals surface area contributed by atoms with Crippen molar-refractivity contribution in [1.82, 2.24) is 18.7 Å². The van der Waals surface area contributed by atoms with E-state index in [0.29, 0.717) is 50.7 Å². The summed E-state index contributed by atoms with van der Waals surface area (Å²) >= 11 is 0. The molecule has 540 valence electrons. The number of nitrogens with one attached hydrogen (secondary N) is 1. The van der Waals surface area contributed by atoms with Gasteiger partial charge in [-0.1, -0.05) is 158 Å². The number of phosphoric acid groups is 1. The van der Waals surface area contributed by atoms with Crippen molar-refractivity contribution in [3.05, 3.63) is 201 Å². The average Bonchev–Trinajstić information content (AvgIpc) is 0.772. The minimum absolute atomic E-state index is 0.00918. The Morgan fingerprint density at radius 1 is 0.640 bits per heavy atom. The minimum atomic E-state index is -4.97. The number of carbonyl (C=O) groups excluding carboxylic acids is 3. The van der Waals surface area contributed by atoms with Gasteiger partial charge in [-0.3, -0.25) is 46.9 Å². The van der Waals surface area contributed by atoms with Crippen LogP contribution in [0.15, 0.2) is 123 Å². The number of hydrogen-bond acceptors (Lipinski definition) is 18. The normalized spacial score (nSPS) is 18.1. The van der Waals surface area contributed by atoms with Crippen molar-refractivity contribution >= 4 is 25.5 Å². The highest BCUT2D eigenvalue weighted by Gasteiger charge is 2.48. The fraction of sp³-hybridized carbons (Fsp3) is 0.526. The molecule has 8 rings (SSSR count). The molecule has 0 saturated carbocycles. The van der Waals surface area contributed by atoms with Crippen LogP contribution in [0.4, 0.5) is 0 Å². The Morgan fingerprint density at radius 2 is 1.18 bits per heavy atom. The number of Topliss-reactive ketones (excluding diaryl/α,β-unsaturated/α-hetero) is 1. The molecule has 3 unspecified atom stereocenters. The molecule has 0 spiro atoms. The van der Waals surface area contributed by atoms with E-state index >= 15 is 4.57 Å². The number of phosphoric ester groups is 1. The zero-order valence-corrected chi connectivity index (χ0v) is 59.9. The number of hydrogen-bond donors (Lipinski definition) is 1. The topological polar surface area (TPSA) is 264 Å². The van der Waals surface area contributed by atoms with Crippen LogP contribution in [0.5, 0.6) is 17.2 Å². The molecule has 4 aromatic carbocycles. The molecule has 2 aliphatic heterocycles. The maximum atomic E-state index is 15.5. The Morgan fingerprint density at radius 3 is 1.75 bits per heavy atom. The molecule has 24 heteroatoms. The summed E-state index contributed by atoms with van der Waals surface area (Å²) in [5.41, 5.74) is -1.09. The fourth-order valence-corrected chi connectivity index (χ4v) is 14.0. The fourth-order valence-electron chi connectivity index (χ4n) is 12.6. The first-order valence-electron chi connectivity index (χ1n) is 35.1. The van der Waals surface area contributed by atoms with Crippen LogP contribution in [-0.2, 0) is 52.3 Å². The summed E-state index contributed by atoms with van der Waals surface area (Å²) in [5.74, 6) is -0.412. The van der Waals surface area contributed by atoms with Gasteiger partial charge in [-0.25, -0.2) is 20.7 Å². The highest BCUT2D eigenvalue weighted by molar-refractivity contribution is 7.48. The van der Waals surface area contributed by atoms with Gasteiger partial charge in [0.15, 0.2) is 0 Å². The SMILES string of the molecule is [C-]#[N+]CCOP(=O)(OC[C@H]1O[C@@H](n2cc(C)c(=O)n(C(=O)c3cc(C)c(C)c(OCCCCCCCCCCCCCCCCCC)c3)c2=O)CC1OC(=O)CCC(C)=O)OC1C[C@H](n2cc(C)c(=O)[nH]c2=O)O[C@@H]1COC(c1ccccc1)(c1ccc(OC)cc1)c1ccc(OC)cc1. The second-order valence-electron chi connectivity index (χ2n) is 25.9. The Labute approximate surface area is 585 Å². The highest BCUT2D eigenvalue weighted by Crippen LogP contribution is 2.54. The molecule has 0 radical (unpaired) electrons. The molecule has 0 amide bonds. The third-order valence-electron chi connectivity index (χ3n) is 18.5. The zero-order chi connectivity index (χ0) is 71.8. The lowest BCUT2D eigenvalue weighted by atomic mass is 9.80. The first-order chi connectivity index (χ1) is 48.2. The molecule has 100 heavy (non-hydrogen) atoms. The molecule has 2 saturated heterocycles. The summed E-state index contributed by atoms with van der Waals surface area (Å²) < 4.78 is 80.4. The van der Waals surface area contributed by atoms with E-state index in [9.17, 15) is 33.6 Å². The molecule has 6 aromatic rings. The van der Waals surface area contributed by atoms with Gasteiger partial charge in [-0.05, 0) is 105 Å². The van der Waals surface area contributed by atoms with Crippen molar-refractivity contribution in [2.45, 2.75) is 212 Å². The number of carbonyl (C=O) groups is 3. The van der Waals surface area contributed by atoms with Crippen LogP contribution in [0, 0.1) is 34.3 Å². The van der Waals surface area contributed by atoms with E-state index in [2.05, 4.69) is 16.8 Å². The second-order valence-corrected chi connectivity index (χ2v) is 27.5. The molecule has 7 atom stereocenters. The third-order valence-corrected chi connectivity index (χ3v) is 19.9. The number of ketones is 1. The lowest BCUT2D eigenvalue weighted by molar-refractivity contribution is -0.153. The number of ether oxygens (including phenoxy) is 7. The molecule has 2 fully saturated rings. The number of aromatic nitrogens is 4. The van der Waals surface area contributed by atoms with Crippen LogP contribution < -0.4 is 36.7 Å². The Balaban J connectivity index is 1.02. The van der Waals surface area contributed by atoms with Crippen molar-refractivity contribution in [2.75, 3.05) is 47.2 Å². The number of methoxy groups -OCH3 is 2. The van der Waals surface area contributed by atoms with Gasteiger partial charge in [0.1, 0.15) is 72.1 Å². The van der Waals surface area contributed by atoms with Gasteiger partial charge in [0, 0.05) is 48.3 Å². The van der Waals surface area contributed by atoms with Gasteiger partial charge in [0.2, 0.25) is 6.54 Å². The van der Waals surface area contributed by atoms with E-state index in [4.69, 9.17) is 53.3 Å². The number of rotatable bonds is 41. The van der Waals surface area contributed by atoms with Gasteiger partial charge >= 0.3 is 25.2 Å². The first-order valence-corrected chi connectivity index (χ1v) is 36.5. The summed E-state index contributed by atoms with van der Waals surface area (Å²) in [6.45, 7) is 16.3. The molecular weight excluding hydrogens is 1300 g/mol. The molecule has 2 aliphatic rings. The van der Waals surface area contributed by atoms with Crippen molar-refractivity contribution in [2.24, 2.45) is 0 Å². The lowest BCUT2D eigenvalue weighted by Crippen LogP contribution is -2.45. The second kappa shape index (κ2) is 38.1. The van der Waals surface area contributed by atoms with Gasteiger partial charge in [-0.15, -0.1) is 0 Å². The van der Waals surface area contributed by atoms with Crippen LogP contribution in [0.3, 0.4) is 0 Å². The molecule has 1 N–H and O–H groups in total. The monoisotopic (exact) mass is 1400 g/mol. The lowest BCUT2D eigenvalue weighted by Gasteiger charge is -2.37. The molecule has 0 aliphatic carbocycles. The van der Waals surface area contributed by atoms with Crippen molar-refractivity contribution in [3.8, 4) is 17.2 Å². The molecule has 0 bridgehead atoms. The number of aromatic amines is 1. The predicted octanol–water partition coefficient (Wildman–Crippen LogP) is 13.5. The van der Waals surface area contributed by atoms with Crippen LogP contribution in [0.2, 0.25) is 0 Å². The number of unbranched alkanes of at least 4 members (excludes halogenated alkanes) is 15. The maximum Gasteiger partial charge on any atom is 0.475 e. The van der Waals surface area contributed by atoms with Gasteiger partial charge in [0.25, 0.3) is 17.0 Å². The standard InChI is InChI=1S/C76H98N5O18P/c1-10-11-12-13-14-15-16-17-18-19-20-21-22-23-24-28-42-92-63-45-57(44-52(2)56(63)6)73(86)81-72(85)54(4)49-80(75(81)88)69-46-64(98-70(83)40-31-55(5)82)67(97-69)51-95-100(89,94-43-41-77-7)99-65-47-68(79-48-53(3)71(84)78-74(79)87)96-66(65)50-93-76(58-29-26-25-27-30-58,59-32-36-61(90-8)37-33-59)60-34-38-62(91-9)39-35-60/h25-27,29-30,32-39,44-45,48-49,64-69H,10-24,28,31,40-43,46-47,50-51H2,1-6,8-9H3,(H,78,84,87)/t64?,65?,66-,67-,68-,69-,100?/m1/s1. The van der Waals surface area contributed by atoms with Crippen LogP contribution in [0.1, 0.15) is 204 Å². The van der Waals surface area contributed by atoms with Crippen LogP contribution in [0.25, 0.3) is 4.85 Å².